The van der Waals surface area contributed by atoms with Gasteiger partial charge in [-0.1, -0.05) is 19.3 Å². The molecule has 2 unspecified atom stereocenters. The third kappa shape index (κ3) is 5.19. The molecule has 6 heteroatoms. The SMILES string of the molecule is O=C(NCCN1CCCC1)NC1CCCCCC1C(=O)O. The molecule has 0 aromatic rings. The minimum Gasteiger partial charge on any atom is -0.481 e. The van der Waals surface area contributed by atoms with Crippen molar-refractivity contribution in [3.05, 3.63) is 0 Å². The van der Waals surface area contributed by atoms with Gasteiger partial charge in [0, 0.05) is 19.1 Å². The van der Waals surface area contributed by atoms with Gasteiger partial charge in [0.15, 0.2) is 0 Å². The zero-order valence-electron chi connectivity index (χ0n) is 12.6. The fraction of sp³-hybridized carbons (Fsp3) is 0.867. The molecule has 2 amide bonds. The molecule has 2 fully saturated rings. The van der Waals surface area contributed by atoms with Crippen molar-refractivity contribution in [3.63, 3.8) is 0 Å². The number of nitrogens with zero attached hydrogens (tertiary/aromatic N) is 1. The zero-order valence-corrected chi connectivity index (χ0v) is 12.6. The average Bonchev–Trinajstić information content (AvgIpc) is 2.84. The van der Waals surface area contributed by atoms with Crippen LogP contribution in [0.15, 0.2) is 0 Å². The Labute approximate surface area is 126 Å². The van der Waals surface area contributed by atoms with Crippen LogP contribution in [0, 0.1) is 5.92 Å². The molecule has 0 radical (unpaired) electrons. The first-order valence-corrected chi connectivity index (χ1v) is 8.16. The van der Waals surface area contributed by atoms with Crippen molar-refractivity contribution in [2.75, 3.05) is 26.2 Å². The van der Waals surface area contributed by atoms with Crippen molar-refractivity contribution in [2.24, 2.45) is 5.92 Å². The first-order valence-electron chi connectivity index (χ1n) is 8.16. The van der Waals surface area contributed by atoms with Crippen LogP contribution in [-0.4, -0.2) is 54.2 Å². The number of urea groups is 1. The van der Waals surface area contributed by atoms with E-state index in [1.165, 1.54) is 12.8 Å². The second kappa shape index (κ2) is 8.22. The van der Waals surface area contributed by atoms with Crippen LogP contribution in [0.1, 0.15) is 44.9 Å². The van der Waals surface area contributed by atoms with Crippen molar-refractivity contribution in [3.8, 4) is 0 Å². The van der Waals surface area contributed by atoms with Gasteiger partial charge in [0.25, 0.3) is 0 Å². The molecule has 2 atom stereocenters. The molecule has 0 aromatic carbocycles. The number of aliphatic carboxylic acids is 1. The Morgan fingerprint density at radius 1 is 1.05 bits per heavy atom. The van der Waals surface area contributed by atoms with E-state index in [0.29, 0.717) is 13.0 Å². The predicted octanol–water partition coefficient (Wildman–Crippen LogP) is 1.41. The summed E-state index contributed by atoms with van der Waals surface area (Å²) in [5.74, 6) is -1.24. The number of carbonyl (C=O) groups is 2. The first-order chi connectivity index (χ1) is 10.2. The van der Waals surface area contributed by atoms with Crippen molar-refractivity contribution < 1.29 is 14.7 Å². The second-order valence-corrected chi connectivity index (χ2v) is 6.14. The fourth-order valence-electron chi connectivity index (χ4n) is 3.33. The standard InChI is InChI=1S/C15H27N3O3/c19-14(20)12-6-2-1-3-7-13(12)17-15(21)16-8-11-18-9-4-5-10-18/h12-13H,1-11H2,(H,19,20)(H2,16,17,21). The van der Waals surface area contributed by atoms with Gasteiger partial charge in [-0.15, -0.1) is 0 Å². The summed E-state index contributed by atoms with van der Waals surface area (Å²) in [6.07, 6.45) is 6.89. The summed E-state index contributed by atoms with van der Waals surface area (Å²) in [5.41, 5.74) is 0. The van der Waals surface area contributed by atoms with Gasteiger partial charge in [-0.25, -0.2) is 4.79 Å². The Balaban J connectivity index is 1.72. The van der Waals surface area contributed by atoms with Gasteiger partial charge in [0.1, 0.15) is 0 Å². The number of carbonyl (C=O) groups excluding carboxylic acids is 1. The van der Waals surface area contributed by atoms with Crippen molar-refractivity contribution in [1.82, 2.24) is 15.5 Å². The molecule has 1 heterocycles. The first kappa shape index (κ1) is 16.1. The topological polar surface area (TPSA) is 81.7 Å². The lowest BCUT2D eigenvalue weighted by atomic mass is 9.95. The minimum atomic E-state index is -0.792. The zero-order chi connectivity index (χ0) is 15.1. The van der Waals surface area contributed by atoms with Crippen LogP contribution in [0.25, 0.3) is 0 Å². The van der Waals surface area contributed by atoms with E-state index < -0.39 is 11.9 Å². The lowest BCUT2D eigenvalue weighted by Gasteiger charge is -2.23. The van der Waals surface area contributed by atoms with Gasteiger partial charge < -0.3 is 20.6 Å². The Bertz CT molecular complexity index is 356. The molecule has 0 aromatic heterocycles. The Morgan fingerprint density at radius 2 is 1.76 bits per heavy atom. The van der Waals surface area contributed by atoms with Gasteiger partial charge in [-0.3, -0.25) is 4.79 Å². The van der Waals surface area contributed by atoms with Crippen molar-refractivity contribution >= 4 is 12.0 Å². The van der Waals surface area contributed by atoms with Crippen LogP contribution < -0.4 is 10.6 Å². The quantitative estimate of drug-likeness (QED) is 0.670. The molecule has 21 heavy (non-hydrogen) atoms. The molecule has 6 nitrogen and oxygen atoms in total. The molecule has 0 bridgehead atoms. The molecule has 1 aliphatic carbocycles. The largest absolute Gasteiger partial charge is 0.481 e. The number of hydrogen-bond donors (Lipinski definition) is 3. The molecular weight excluding hydrogens is 270 g/mol. The van der Waals surface area contributed by atoms with E-state index in [9.17, 15) is 14.7 Å². The third-order valence-electron chi connectivity index (χ3n) is 4.56. The van der Waals surface area contributed by atoms with E-state index in [1.807, 2.05) is 0 Å². The van der Waals surface area contributed by atoms with E-state index in [2.05, 4.69) is 15.5 Å². The maximum absolute atomic E-state index is 11.9. The van der Waals surface area contributed by atoms with Crippen LogP contribution in [0.2, 0.25) is 0 Å². The Kier molecular flexibility index (Phi) is 6.29. The number of amides is 2. The van der Waals surface area contributed by atoms with E-state index in [0.717, 1.165) is 45.3 Å². The summed E-state index contributed by atoms with van der Waals surface area (Å²) < 4.78 is 0. The summed E-state index contributed by atoms with van der Waals surface area (Å²) in [7, 11) is 0. The Morgan fingerprint density at radius 3 is 2.48 bits per heavy atom. The van der Waals surface area contributed by atoms with Crippen LogP contribution in [-0.2, 0) is 4.79 Å². The van der Waals surface area contributed by atoms with Crippen molar-refractivity contribution in [1.29, 1.82) is 0 Å². The molecule has 2 rings (SSSR count). The summed E-state index contributed by atoms with van der Waals surface area (Å²) in [6, 6.07) is -0.468. The monoisotopic (exact) mass is 297 g/mol. The van der Waals surface area contributed by atoms with E-state index in [4.69, 9.17) is 0 Å². The van der Waals surface area contributed by atoms with Gasteiger partial charge in [-0.05, 0) is 38.8 Å². The van der Waals surface area contributed by atoms with Crippen LogP contribution in [0.4, 0.5) is 4.79 Å². The highest BCUT2D eigenvalue weighted by atomic mass is 16.4. The number of carboxylic acids is 1. The van der Waals surface area contributed by atoms with E-state index in [1.54, 1.807) is 0 Å². The van der Waals surface area contributed by atoms with Gasteiger partial charge in [0.2, 0.25) is 0 Å². The molecule has 2 aliphatic rings. The summed E-state index contributed by atoms with van der Waals surface area (Å²) in [6.45, 7) is 3.73. The number of rotatable bonds is 5. The van der Waals surface area contributed by atoms with Gasteiger partial charge in [-0.2, -0.15) is 0 Å². The molecule has 3 N–H and O–H groups in total. The molecule has 0 spiro atoms. The highest BCUT2D eigenvalue weighted by Crippen LogP contribution is 2.23. The lowest BCUT2D eigenvalue weighted by Crippen LogP contribution is -2.48. The van der Waals surface area contributed by atoms with Gasteiger partial charge in [0.05, 0.1) is 5.92 Å². The Hall–Kier alpha value is -1.30. The highest BCUT2D eigenvalue weighted by Gasteiger charge is 2.30. The van der Waals surface area contributed by atoms with E-state index in [-0.39, 0.29) is 12.1 Å². The fourth-order valence-corrected chi connectivity index (χ4v) is 3.33. The number of likely N-dealkylation sites (tertiary alicyclic amines) is 1. The van der Waals surface area contributed by atoms with Gasteiger partial charge >= 0.3 is 12.0 Å². The average molecular weight is 297 g/mol. The minimum absolute atomic E-state index is 0.229. The summed E-state index contributed by atoms with van der Waals surface area (Å²) >= 11 is 0. The summed E-state index contributed by atoms with van der Waals surface area (Å²) in [5, 5.41) is 15.0. The second-order valence-electron chi connectivity index (χ2n) is 6.14. The molecule has 120 valence electrons. The highest BCUT2D eigenvalue weighted by molar-refractivity contribution is 5.76. The van der Waals surface area contributed by atoms with Crippen molar-refractivity contribution in [2.45, 2.75) is 51.0 Å². The molecule has 1 saturated carbocycles. The summed E-state index contributed by atoms with van der Waals surface area (Å²) in [4.78, 5) is 25.6. The number of carboxylic acid groups (broad SMARTS) is 1. The smallest absolute Gasteiger partial charge is 0.315 e. The number of nitrogens with one attached hydrogen (secondary N) is 2. The maximum atomic E-state index is 11.9. The van der Waals surface area contributed by atoms with E-state index >= 15 is 0 Å². The lowest BCUT2D eigenvalue weighted by molar-refractivity contribution is -0.142. The third-order valence-corrected chi connectivity index (χ3v) is 4.56. The predicted molar refractivity (Wildman–Crippen MR) is 80.2 cm³/mol. The molecule has 1 aliphatic heterocycles. The molecular formula is C15H27N3O3. The molecule has 1 saturated heterocycles. The normalized spacial score (nSPS) is 27.0. The number of hydrogen-bond acceptors (Lipinski definition) is 3. The van der Waals surface area contributed by atoms with Crippen LogP contribution in [0.3, 0.4) is 0 Å². The maximum Gasteiger partial charge on any atom is 0.315 e. The van der Waals surface area contributed by atoms with Crippen LogP contribution in [0.5, 0.6) is 0 Å². The van der Waals surface area contributed by atoms with Crippen LogP contribution >= 0.6 is 0 Å².